The monoisotopic (exact) mass is 375 g/mol. The van der Waals surface area contributed by atoms with Crippen LogP contribution in [-0.2, 0) is 6.54 Å². The Morgan fingerprint density at radius 2 is 1.96 bits per heavy atom. The van der Waals surface area contributed by atoms with Crippen LogP contribution in [0.25, 0.3) is 11.0 Å². The summed E-state index contributed by atoms with van der Waals surface area (Å²) in [6.45, 7) is 2.38. The molecule has 4 aromatic rings. The molecule has 7 heteroatoms. The molecule has 0 spiro atoms. The van der Waals surface area contributed by atoms with E-state index in [1.54, 1.807) is 18.3 Å². The van der Waals surface area contributed by atoms with Crippen LogP contribution in [0.4, 0.5) is 15.9 Å². The van der Waals surface area contributed by atoms with Crippen LogP contribution in [0, 0.1) is 12.7 Å². The number of hydrogen-bond acceptors (Lipinski definition) is 4. The van der Waals surface area contributed by atoms with Gasteiger partial charge in [0, 0.05) is 30.0 Å². The number of carbonyl (C=O) groups excluding carboxylic acids is 1. The van der Waals surface area contributed by atoms with Gasteiger partial charge in [-0.15, -0.1) is 0 Å². The van der Waals surface area contributed by atoms with Crippen molar-refractivity contribution in [1.82, 2.24) is 15.0 Å². The number of anilines is 2. The summed E-state index contributed by atoms with van der Waals surface area (Å²) in [5.74, 6) is -0.692. The highest BCUT2D eigenvalue weighted by Gasteiger charge is 2.15. The van der Waals surface area contributed by atoms with Crippen LogP contribution in [0.3, 0.4) is 0 Å². The fourth-order valence-electron chi connectivity index (χ4n) is 2.94. The third-order valence-electron chi connectivity index (χ3n) is 4.41. The number of nitrogens with one attached hydrogen (secondary N) is 3. The van der Waals surface area contributed by atoms with E-state index in [-0.39, 0.29) is 5.56 Å². The van der Waals surface area contributed by atoms with Gasteiger partial charge in [-0.05, 0) is 42.8 Å². The summed E-state index contributed by atoms with van der Waals surface area (Å²) in [6, 6.07) is 12.4. The Balaban J connectivity index is 1.56. The molecule has 0 aliphatic carbocycles. The summed E-state index contributed by atoms with van der Waals surface area (Å²) >= 11 is 0. The number of fused-ring (bicyclic) bond motifs is 1. The van der Waals surface area contributed by atoms with E-state index in [0.717, 1.165) is 28.4 Å². The zero-order valence-electron chi connectivity index (χ0n) is 15.2. The lowest BCUT2D eigenvalue weighted by Gasteiger charge is -2.12. The highest BCUT2D eigenvalue weighted by Crippen LogP contribution is 2.20. The standard InChI is InChI=1S/C21H18FN5O/c1-13-2-4-16(5-3-13)27-21(28)18-10-15(22)12-26-20(18)25-11-14-6-8-23-19-17(14)7-9-24-19/h2-10,12H,11H2,1H3,(H,23,24)(H,25,26)(H,27,28). The Morgan fingerprint density at radius 1 is 1.14 bits per heavy atom. The molecule has 0 atom stereocenters. The van der Waals surface area contributed by atoms with Gasteiger partial charge in [-0.2, -0.15) is 0 Å². The van der Waals surface area contributed by atoms with Crippen molar-refractivity contribution in [3.63, 3.8) is 0 Å². The van der Waals surface area contributed by atoms with Gasteiger partial charge >= 0.3 is 0 Å². The molecule has 3 aromatic heterocycles. The average molecular weight is 375 g/mol. The summed E-state index contributed by atoms with van der Waals surface area (Å²) in [7, 11) is 0. The van der Waals surface area contributed by atoms with E-state index >= 15 is 0 Å². The second kappa shape index (κ2) is 7.48. The van der Waals surface area contributed by atoms with Gasteiger partial charge in [0.2, 0.25) is 0 Å². The second-order valence-electron chi connectivity index (χ2n) is 6.43. The first-order valence-electron chi connectivity index (χ1n) is 8.78. The van der Waals surface area contributed by atoms with E-state index in [0.29, 0.717) is 18.1 Å². The van der Waals surface area contributed by atoms with Crippen LogP contribution < -0.4 is 10.6 Å². The van der Waals surface area contributed by atoms with Gasteiger partial charge in [0.15, 0.2) is 0 Å². The molecule has 0 radical (unpaired) electrons. The smallest absolute Gasteiger partial charge is 0.259 e. The molecule has 0 saturated heterocycles. The topological polar surface area (TPSA) is 82.7 Å². The van der Waals surface area contributed by atoms with Crippen LogP contribution >= 0.6 is 0 Å². The van der Waals surface area contributed by atoms with Crippen molar-refractivity contribution in [2.75, 3.05) is 10.6 Å². The maximum atomic E-state index is 13.7. The average Bonchev–Trinajstić information content (AvgIpc) is 3.18. The van der Waals surface area contributed by atoms with Crippen LogP contribution in [0.15, 0.2) is 61.1 Å². The highest BCUT2D eigenvalue weighted by molar-refractivity contribution is 6.07. The maximum absolute atomic E-state index is 13.7. The fourth-order valence-corrected chi connectivity index (χ4v) is 2.94. The Kier molecular flexibility index (Phi) is 4.72. The lowest BCUT2D eigenvalue weighted by atomic mass is 10.1. The van der Waals surface area contributed by atoms with E-state index in [4.69, 9.17) is 0 Å². The fraction of sp³-hybridized carbons (Fsp3) is 0.0952. The zero-order valence-corrected chi connectivity index (χ0v) is 15.2. The number of carbonyl (C=O) groups is 1. The number of aromatic nitrogens is 3. The maximum Gasteiger partial charge on any atom is 0.259 e. The number of H-pyrrole nitrogens is 1. The third-order valence-corrected chi connectivity index (χ3v) is 4.41. The third kappa shape index (κ3) is 3.68. The highest BCUT2D eigenvalue weighted by atomic mass is 19.1. The van der Waals surface area contributed by atoms with E-state index < -0.39 is 11.7 Å². The molecule has 0 bridgehead atoms. The van der Waals surface area contributed by atoms with Gasteiger partial charge in [0.25, 0.3) is 5.91 Å². The minimum atomic E-state index is -0.573. The molecule has 4 rings (SSSR count). The van der Waals surface area contributed by atoms with Gasteiger partial charge in [-0.25, -0.2) is 14.4 Å². The van der Waals surface area contributed by atoms with Crippen molar-refractivity contribution in [1.29, 1.82) is 0 Å². The predicted octanol–water partition coefficient (Wildman–Crippen LogP) is 4.27. The Morgan fingerprint density at radius 3 is 2.79 bits per heavy atom. The van der Waals surface area contributed by atoms with Gasteiger partial charge in [-0.3, -0.25) is 4.79 Å². The van der Waals surface area contributed by atoms with Crippen molar-refractivity contribution in [3.8, 4) is 0 Å². The number of aryl methyl sites for hydroxylation is 1. The first-order valence-corrected chi connectivity index (χ1v) is 8.78. The molecule has 3 N–H and O–H groups in total. The van der Waals surface area contributed by atoms with Crippen molar-refractivity contribution in [2.45, 2.75) is 13.5 Å². The minimum absolute atomic E-state index is 0.139. The molecule has 140 valence electrons. The number of hydrogen-bond donors (Lipinski definition) is 3. The summed E-state index contributed by atoms with van der Waals surface area (Å²) in [6.07, 6.45) is 4.61. The second-order valence-corrected chi connectivity index (χ2v) is 6.43. The molecule has 1 aromatic carbocycles. The van der Waals surface area contributed by atoms with Crippen molar-refractivity contribution in [2.24, 2.45) is 0 Å². The number of benzene rings is 1. The Hall–Kier alpha value is -3.74. The lowest BCUT2D eigenvalue weighted by Crippen LogP contribution is -2.16. The molecule has 0 saturated carbocycles. The molecular formula is C21H18FN5O. The number of pyridine rings is 2. The SMILES string of the molecule is Cc1ccc(NC(=O)c2cc(F)cnc2NCc2ccnc3[nH]ccc23)cc1. The lowest BCUT2D eigenvalue weighted by molar-refractivity contribution is 0.102. The van der Waals surface area contributed by atoms with Crippen LogP contribution in [0.5, 0.6) is 0 Å². The molecule has 28 heavy (non-hydrogen) atoms. The van der Waals surface area contributed by atoms with E-state index in [9.17, 15) is 9.18 Å². The summed E-state index contributed by atoms with van der Waals surface area (Å²) in [5, 5.41) is 6.89. The van der Waals surface area contributed by atoms with Crippen molar-refractivity contribution >= 4 is 28.4 Å². The summed E-state index contributed by atoms with van der Waals surface area (Å²) in [5.41, 5.74) is 3.63. The summed E-state index contributed by atoms with van der Waals surface area (Å²) < 4.78 is 13.7. The number of halogens is 1. The number of amides is 1. The van der Waals surface area contributed by atoms with Gasteiger partial charge < -0.3 is 15.6 Å². The summed E-state index contributed by atoms with van der Waals surface area (Å²) in [4.78, 5) is 24.1. The molecule has 0 aliphatic heterocycles. The first kappa shape index (κ1) is 17.7. The Labute approximate surface area is 160 Å². The van der Waals surface area contributed by atoms with Gasteiger partial charge in [-0.1, -0.05) is 17.7 Å². The first-order chi connectivity index (χ1) is 13.6. The molecule has 0 unspecified atom stereocenters. The normalized spacial score (nSPS) is 10.8. The molecular weight excluding hydrogens is 357 g/mol. The molecule has 1 amide bonds. The number of nitrogens with zero attached hydrogens (tertiary/aromatic N) is 2. The zero-order chi connectivity index (χ0) is 19.5. The van der Waals surface area contributed by atoms with Crippen molar-refractivity contribution in [3.05, 3.63) is 83.6 Å². The number of rotatable bonds is 5. The van der Waals surface area contributed by atoms with E-state index in [1.165, 1.54) is 6.07 Å². The minimum Gasteiger partial charge on any atom is -0.365 e. The van der Waals surface area contributed by atoms with Crippen LogP contribution in [-0.4, -0.2) is 20.9 Å². The largest absolute Gasteiger partial charge is 0.365 e. The van der Waals surface area contributed by atoms with Crippen LogP contribution in [0.1, 0.15) is 21.5 Å². The van der Waals surface area contributed by atoms with E-state index in [1.807, 2.05) is 37.4 Å². The number of aromatic amines is 1. The van der Waals surface area contributed by atoms with Crippen LogP contribution in [0.2, 0.25) is 0 Å². The molecule has 3 heterocycles. The molecule has 0 fully saturated rings. The van der Waals surface area contributed by atoms with Crippen molar-refractivity contribution < 1.29 is 9.18 Å². The molecule has 6 nitrogen and oxygen atoms in total. The van der Waals surface area contributed by atoms with Gasteiger partial charge in [0.1, 0.15) is 17.3 Å². The van der Waals surface area contributed by atoms with Gasteiger partial charge in [0.05, 0.1) is 11.8 Å². The quantitative estimate of drug-likeness (QED) is 0.486. The molecule has 0 aliphatic rings. The van der Waals surface area contributed by atoms with E-state index in [2.05, 4.69) is 25.6 Å². The Bertz CT molecular complexity index is 1140. The predicted molar refractivity (Wildman–Crippen MR) is 107 cm³/mol.